The lowest BCUT2D eigenvalue weighted by Crippen LogP contribution is -2.13. The smallest absolute Gasteiger partial charge is 0.257 e. The van der Waals surface area contributed by atoms with Crippen LogP contribution in [0.4, 0.5) is 5.13 Å². The lowest BCUT2D eigenvalue weighted by molar-refractivity contribution is 0.102. The van der Waals surface area contributed by atoms with Gasteiger partial charge >= 0.3 is 0 Å². The van der Waals surface area contributed by atoms with Gasteiger partial charge in [0.1, 0.15) is 5.01 Å². The fourth-order valence-corrected chi connectivity index (χ4v) is 3.33. The molecule has 2 aromatic rings. The summed E-state index contributed by atoms with van der Waals surface area (Å²) in [5.41, 5.74) is 1.30. The molecule has 0 saturated carbocycles. The molecule has 1 amide bonds. The van der Waals surface area contributed by atoms with E-state index in [0.29, 0.717) is 34.5 Å². The quantitative estimate of drug-likeness (QED) is 0.725. The van der Waals surface area contributed by atoms with Gasteiger partial charge in [-0.2, -0.15) is 0 Å². The Hall–Kier alpha value is -2.41. The van der Waals surface area contributed by atoms with Crippen molar-refractivity contribution in [1.82, 2.24) is 10.2 Å². The molecule has 0 aliphatic carbocycles. The van der Waals surface area contributed by atoms with E-state index in [-0.39, 0.29) is 5.91 Å². The molecule has 0 spiro atoms. The van der Waals surface area contributed by atoms with Crippen LogP contribution in [0.3, 0.4) is 0 Å². The van der Waals surface area contributed by atoms with Gasteiger partial charge in [0.2, 0.25) is 5.13 Å². The highest BCUT2D eigenvalue weighted by atomic mass is 32.1. The highest BCUT2D eigenvalue weighted by molar-refractivity contribution is 7.15. The average Bonchev–Trinajstić information content (AvgIpc) is 3.00. The normalized spacial score (nSPS) is 10.6. The number of carbonyl (C=O) groups is 1. The van der Waals surface area contributed by atoms with Gasteiger partial charge < -0.3 is 9.47 Å². The molecule has 1 N–H and O–H groups in total. The molecule has 6 nitrogen and oxygen atoms in total. The number of aromatic nitrogens is 2. The molecule has 0 unspecified atom stereocenters. The second-order valence-corrected chi connectivity index (χ2v) is 6.98. The highest BCUT2D eigenvalue weighted by Gasteiger charge is 2.17. The van der Waals surface area contributed by atoms with E-state index < -0.39 is 0 Å². The van der Waals surface area contributed by atoms with Crippen molar-refractivity contribution in [2.45, 2.75) is 26.7 Å². The summed E-state index contributed by atoms with van der Waals surface area (Å²) < 4.78 is 10.7. The maximum Gasteiger partial charge on any atom is 0.257 e. The number of hydrogen-bond donors (Lipinski definition) is 1. The number of methoxy groups -OCH3 is 2. The predicted molar refractivity (Wildman–Crippen MR) is 99.9 cm³/mol. The average molecular weight is 361 g/mol. The Morgan fingerprint density at radius 1 is 1.32 bits per heavy atom. The van der Waals surface area contributed by atoms with Crippen LogP contribution in [-0.4, -0.2) is 30.3 Å². The Kier molecular flexibility index (Phi) is 6.52. The molecular weight excluding hydrogens is 338 g/mol. The summed E-state index contributed by atoms with van der Waals surface area (Å²) in [5, 5.41) is 12.3. The summed E-state index contributed by atoms with van der Waals surface area (Å²) >= 11 is 1.39. The Morgan fingerprint density at radius 3 is 2.68 bits per heavy atom. The topological polar surface area (TPSA) is 73.3 Å². The molecule has 1 aromatic heterocycles. The molecule has 0 atom stereocenters. The van der Waals surface area contributed by atoms with Crippen LogP contribution >= 0.6 is 11.3 Å². The Balaban J connectivity index is 2.24. The van der Waals surface area contributed by atoms with Crippen LogP contribution in [0.5, 0.6) is 11.5 Å². The summed E-state index contributed by atoms with van der Waals surface area (Å²) in [4.78, 5) is 12.6. The van der Waals surface area contributed by atoms with Gasteiger partial charge in [-0.1, -0.05) is 31.3 Å². The van der Waals surface area contributed by atoms with Crippen molar-refractivity contribution in [3.8, 4) is 11.5 Å². The summed E-state index contributed by atoms with van der Waals surface area (Å²) in [5.74, 6) is 1.33. The zero-order valence-electron chi connectivity index (χ0n) is 15.0. The maximum atomic E-state index is 12.6. The molecule has 1 heterocycles. The van der Waals surface area contributed by atoms with Gasteiger partial charge in [-0.3, -0.25) is 10.1 Å². The van der Waals surface area contributed by atoms with Gasteiger partial charge in [0.15, 0.2) is 11.5 Å². The van der Waals surface area contributed by atoms with E-state index in [9.17, 15) is 4.79 Å². The summed E-state index contributed by atoms with van der Waals surface area (Å²) in [6, 6.07) is 3.42. The Labute approximate surface area is 151 Å². The van der Waals surface area contributed by atoms with E-state index in [1.54, 1.807) is 32.4 Å². The van der Waals surface area contributed by atoms with Gasteiger partial charge in [0, 0.05) is 17.5 Å². The monoisotopic (exact) mass is 361 g/mol. The Morgan fingerprint density at radius 2 is 2.08 bits per heavy atom. The Bertz CT molecular complexity index is 756. The first-order valence-electron chi connectivity index (χ1n) is 7.98. The highest BCUT2D eigenvalue weighted by Crippen LogP contribution is 2.33. The van der Waals surface area contributed by atoms with Crippen molar-refractivity contribution < 1.29 is 14.3 Å². The summed E-state index contributed by atoms with van der Waals surface area (Å²) in [6.45, 7) is 7.97. The van der Waals surface area contributed by atoms with Crippen molar-refractivity contribution in [2.24, 2.45) is 5.92 Å². The van der Waals surface area contributed by atoms with Crippen molar-refractivity contribution >= 4 is 22.4 Å². The molecule has 0 fully saturated rings. The van der Waals surface area contributed by atoms with Crippen molar-refractivity contribution in [1.29, 1.82) is 0 Å². The fraction of sp³-hybridized carbons (Fsp3) is 0.389. The number of rotatable bonds is 8. The number of amides is 1. The minimum Gasteiger partial charge on any atom is -0.493 e. The molecule has 1 aromatic carbocycles. The van der Waals surface area contributed by atoms with Crippen LogP contribution in [0, 0.1) is 5.92 Å². The first-order valence-corrected chi connectivity index (χ1v) is 8.79. The van der Waals surface area contributed by atoms with E-state index in [1.165, 1.54) is 11.3 Å². The third kappa shape index (κ3) is 4.79. The van der Waals surface area contributed by atoms with Gasteiger partial charge in [0.25, 0.3) is 5.91 Å². The van der Waals surface area contributed by atoms with Crippen molar-refractivity contribution in [3.63, 3.8) is 0 Å². The zero-order valence-corrected chi connectivity index (χ0v) is 15.8. The molecule has 0 saturated heterocycles. The second-order valence-electron chi connectivity index (χ2n) is 5.92. The number of allylic oxidation sites excluding steroid dienone is 1. The lowest BCUT2D eigenvalue weighted by atomic mass is 10.1. The molecule has 0 radical (unpaired) electrons. The van der Waals surface area contributed by atoms with Crippen molar-refractivity contribution in [2.75, 3.05) is 19.5 Å². The lowest BCUT2D eigenvalue weighted by Gasteiger charge is -2.14. The van der Waals surface area contributed by atoms with Gasteiger partial charge in [-0.05, 0) is 24.5 Å². The first-order chi connectivity index (χ1) is 12.0. The zero-order chi connectivity index (χ0) is 18.4. The molecule has 0 aliphatic heterocycles. The molecule has 2 rings (SSSR count). The molecule has 0 bridgehead atoms. The van der Waals surface area contributed by atoms with Gasteiger partial charge in [-0.15, -0.1) is 16.8 Å². The number of hydrogen-bond acceptors (Lipinski definition) is 6. The third-order valence-corrected chi connectivity index (χ3v) is 4.31. The van der Waals surface area contributed by atoms with E-state index in [4.69, 9.17) is 9.47 Å². The second kappa shape index (κ2) is 8.62. The van der Waals surface area contributed by atoms with Crippen LogP contribution in [0.2, 0.25) is 0 Å². The number of ether oxygens (including phenoxy) is 2. The minimum absolute atomic E-state index is 0.265. The molecule has 134 valence electrons. The number of carbonyl (C=O) groups excluding carboxylic acids is 1. The number of benzene rings is 1. The summed E-state index contributed by atoms with van der Waals surface area (Å²) in [7, 11) is 3.11. The van der Waals surface area contributed by atoms with Crippen LogP contribution in [0.25, 0.3) is 0 Å². The van der Waals surface area contributed by atoms with E-state index in [2.05, 4.69) is 35.9 Å². The van der Waals surface area contributed by atoms with E-state index in [0.717, 1.165) is 17.0 Å². The molecule has 7 heteroatoms. The van der Waals surface area contributed by atoms with Gasteiger partial charge in [-0.25, -0.2) is 0 Å². The van der Waals surface area contributed by atoms with Crippen LogP contribution in [0.1, 0.15) is 34.8 Å². The van der Waals surface area contributed by atoms with Crippen molar-refractivity contribution in [3.05, 3.63) is 40.9 Å². The largest absolute Gasteiger partial charge is 0.493 e. The predicted octanol–water partition coefficient (Wildman–Crippen LogP) is 3.73. The number of nitrogens with one attached hydrogen (secondary N) is 1. The summed E-state index contributed by atoms with van der Waals surface area (Å²) in [6.07, 6.45) is 3.16. The maximum absolute atomic E-state index is 12.6. The number of nitrogens with zero attached hydrogens (tertiary/aromatic N) is 2. The third-order valence-electron chi connectivity index (χ3n) is 3.45. The number of anilines is 1. The van der Waals surface area contributed by atoms with Crippen LogP contribution in [-0.2, 0) is 12.8 Å². The van der Waals surface area contributed by atoms with E-state index in [1.807, 2.05) is 0 Å². The molecule has 25 heavy (non-hydrogen) atoms. The van der Waals surface area contributed by atoms with Gasteiger partial charge in [0.05, 0.1) is 14.2 Å². The SMILES string of the molecule is C=CCc1cc(C(=O)Nc2nnc(CC(C)C)s2)cc(OC)c1OC. The standard InChI is InChI=1S/C18H23N3O3S/c1-6-7-12-9-13(10-14(23-4)16(12)24-5)17(22)19-18-21-20-15(25-18)8-11(2)3/h6,9-11H,1,7-8H2,2-5H3,(H,19,21,22). The molecule has 0 aliphatic rings. The van der Waals surface area contributed by atoms with E-state index >= 15 is 0 Å². The van der Waals surface area contributed by atoms with Crippen LogP contribution < -0.4 is 14.8 Å². The first kappa shape index (κ1) is 18.9. The molecular formula is C18H23N3O3S. The fourth-order valence-electron chi connectivity index (χ4n) is 2.39. The van der Waals surface area contributed by atoms with Crippen LogP contribution in [0.15, 0.2) is 24.8 Å². The minimum atomic E-state index is -0.265.